The van der Waals surface area contributed by atoms with Crippen molar-refractivity contribution in [1.29, 1.82) is 0 Å². The molecular formula is C26H34FN7O. The van der Waals surface area contributed by atoms with Gasteiger partial charge in [0.05, 0.1) is 23.6 Å². The van der Waals surface area contributed by atoms with Gasteiger partial charge in [0.2, 0.25) is 11.9 Å². The monoisotopic (exact) mass is 479 g/mol. The van der Waals surface area contributed by atoms with E-state index in [0.717, 1.165) is 36.2 Å². The molecule has 0 saturated carbocycles. The van der Waals surface area contributed by atoms with Gasteiger partial charge in [-0.1, -0.05) is 0 Å². The number of nitrogens with one attached hydrogen (secondary N) is 2. The minimum Gasteiger partial charge on any atom is -0.324 e. The van der Waals surface area contributed by atoms with E-state index >= 15 is 0 Å². The van der Waals surface area contributed by atoms with Gasteiger partial charge in [-0.15, -0.1) is 0 Å². The summed E-state index contributed by atoms with van der Waals surface area (Å²) in [6, 6.07) is 4.59. The highest BCUT2D eigenvalue weighted by Crippen LogP contribution is 2.29. The van der Waals surface area contributed by atoms with E-state index in [1.807, 2.05) is 17.8 Å². The second-order valence-electron chi connectivity index (χ2n) is 10.4. The van der Waals surface area contributed by atoms with Crippen LogP contribution in [-0.4, -0.2) is 48.7 Å². The van der Waals surface area contributed by atoms with Gasteiger partial charge in [0.1, 0.15) is 5.82 Å². The number of nitrogens with zero attached hydrogens (tertiary/aromatic N) is 5. The molecule has 1 aliphatic rings. The minimum absolute atomic E-state index is 0.120. The van der Waals surface area contributed by atoms with Gasteiger partial charge >= 0.3 is 0 Å². The van der Waals surface area contributed by atoms with Gasteiger partial charge in [-0.25, -0.2) is 14.4 Å². The van der Waals surface area contributed by atoms with Crippen LogP contribution in [0.5, 0.6) is 0 Å². The number of hydrogen-bond acceptors (Lipinski definition) is 6. The van der Waals surface area contributed by atoms with Crippen LogP contribution >= 0.6 is 0 Å². The first-order valence-corrected chi connectivity index (χ1v) is 12.1. The van der Waals surface area contributed by atoms with E-state index in [0.29, 0.717) is 11.6 Å². The first-order chi connectivity index (χ1) is 16.5. The Kier molecular flexibility index (Phi) is 6.89. The summed E-state index contributed by atoms with van der Waals surface area (Å²) in [6.07, 6.45) is 7.18. The van der Waals surface area contributed by atoms with Crippen LogP contribution in [0.15, 0.2) is 36.8 Å². The second-order valence-corrected chi connectivity index (χ2v) is 10.4. The number of rotatable bonds is 6. The SMILES string of the molecule is Cc1cnc(Nc2ccc(NC(=O)[C@H]3CCCN3C(C)(C)C)c(F)c2)nc1-c1cnn(C(C)C)c1. The molecule has 3 aromatic rings. The number of carbonyl (C=O) groups is 1. The fourth-order valence-corrected chi connectivity index (χ4v) is 4.42. The molecule has 0 bridgehead atoms. The number of aromatic nitrogens is 4. The first-order valence-electron chi connectivity index (χ1n) is 12.1. The molecule has 2 aromatic heterocycles. The third kappa shape index (κ3) is 5.51. The normalized spacial score (nSPS) is 16.6. The lowest BCUT2D eigenvalue weighted by molar-refractivity contribution is -0.122. The number of carbonyl (C=O) groups excluding carboxylic acids is 1. The van der Waals surface area contributed by atoms with E-state index < -0.39 is 5.82 Å². The van der Waals surface area contributed by atoms with Crippen LogP contribution < -0.4 is 10.6 Å². The van der Waals surface area contributed by atoms with Crippen LogP contribution in [0.3, 0.4) is 0 Å². The topological polar surface area (TPSA) is 88.0 Å². The Labute approximate surface area is 206 Å². The largest absolute Gasteiger partial charge is 0.324 e. The fraction of sp³-hybridized carbons (Fsp3) is 0.462. The number of aryl methyl sites for hydroxylation is 1. The molecule has 8 nitrogen and oxygen atoms in total. The maximum atomic E-state index is 14.9. The average molecular weight is 480 g/mol. The highest BCUT2D eigenvalue weighted by molar-refractivity contribution is 5.95. The number of amides is 1. The molecule has 0 unspecified atom stereocenters. The Balaban J connectivity index is 1.48. The van der Waals surface area contributed by atoms with Crippen LogP contribution in [0.25, 0.3) is 11.3 Å². The second kappa shape index (κ2) is 9.73. The number of benzene rings is 1. The number of hydrogen-bond donors (Lipinski definition) is 2. The van der Waals surface area contributed by atoms with Crippen molar-refractivity contribution in [2.75, 3.05) is 17.2 Å². The van der Waals surface area contributed by atoms with Crippen LogP contribution in [0.1, 0.15) is 59.1 Å². The summed E-state index contributed by atoms with van der Waals surface area (Å²) in [5.74, 6) is -0.342. The quantitative estimate of drug-likeness (QED) is 0.498. The lowest BCUT2D eigenvalue weighted by atomic mass is 10.0. The molecule has 1 saturated heterocycles. The van der Waals surface area contributed by atoms with Gasteiger partial charge in [0.15, 0.2) is 0 Å². The zero-order valence-electron chi connectivity index (χ0n) is 21.3. The molecule has 4 rings (SSSR count). The number of anilines is 3. The minimum atomic E-state index is -0.519. The fourth-order valence-electron chi connectivity index (χ4n) is 4.42. The maximum Gasteiger partial charge on any atom is 0.241 e. The molecule has 0 spiro atoms. The van der Waals surface area contributed by atoms with Gasteiger partial charge in [-0.2, -0.15) is 5.10 Å². The predicted octanol–water partition coefficient (Wildman–Crippen LogP) is 5.31. The van der Waals surface area contributed by atoms with Gasteiger partial charge in [-0.3, -0.25) is 14.4 Å². The molecule has 0 aliphatic carbocycles. The molecular weight excluding hydrogens is 445 g/mol. The van der Waals surface area contributed by atoms with E-state index in [2.05, 4.69) is 65.2 Å². The molecule has 1 amide bonds. The van der Waals surface area contributed by atoms with E-state index in [9.17, 15) is 9.18 Å². The summed E-state index contributed by atoms with van der Waals surface area (Å²) in [4.78, 5) is 24.0. The molecule has 3 heterocycles. The third-order valence-electron chi connectivity index (χ3n) is 6.28. The lowest BCUT2D eigenvalue weighted by Crippen LogP contribution is -2.49. The van der Waals surface area contributed by atoms with Crippen molar-refractivity contribution in [1.82, 2.24) is 24.6 Å². The Morgan fingerprint density at radius 1 is 1.23 bits per heavy atom. The van der Waals surface area contributed by atoms with Gasteiger partial charge in [0.25, 0.3) is 0 Å². The summed E-state index contributed by atoms with van der Waals surface area (Å²) >= 11 is 0. The maximum absolute atomic E-state index is 14.9. The highest BCUT2D eigenvalue weighted by Gasteiger charge is 2.37. The third-order valence-corrected chi connectivity index (χ3v) is 6.28. The van der Waals surface area contributed by atoms with E-state index in [4.69, 9.17) is 0 Å². The molecule has 0 radical (unpaired) electrons. The van der Waals surface area contributed by atoms with Crippen molar-refractivity contribution in [3.8, 4) is 11.3 Å². The average Bonchev–Trinajstić information content (AvgIpc) is 3.47. The van der Waals surface area contributed by atoms with Gasteiger partial charge in [0, 0.05) is 35.2 Å². The summed E-state index contributed by atoms with van der Waals surface area (Å²) in [5, 5.41) is 10.2. The molecule has 1 fully saturated rings. The Morgan fingerprint density at radius 2 is 2.00 bits per heavy atom. The van der Waals surface area contributed by atoms with Crippen molar-refractivity contribution in [3.05, 3.63) is 48.2 Å². The van der Waals surface area contributed by atoms with Crippen LogP contribution in [0, 0.1) is 12.7 Å². The Bertz CT molecular complexity index is 1210. The number of likely N-dealkylation sites (tertiary alicyclic amines) is 1. The zero-order chi connectivity index (χ0) is 25.3. The van der Waals surface area contributed by atoms with Crippen LogP contribution in [0.4, 0.5) is 21.7 Å². The zero-order valence-corrected chi connectivity index (χ0v) is 21.3. The smallest absolute Gasteiger partial charge is 0.241 e. The molecule has 9 heteroatoms. The van der Waals surface area contributed by atoms with Crippen molar-refractivity contribution in [2.24, 2.45) is 0 Å². The number of halogens is 1. The molecule has 35 heavy (non-hydrogen) atoms. The van der Waals surface area contributed by atoms with Crippen molar-refractivity contribution in [3.63, 3.8) is 0 Å². The Morgan fingerprint density at radius 3 is 2.66 bits per heavy atom. The van der Waals surface area contributed by atoms with E-state index in [-0.39, 0.29) is 29.2 Å². The summed E-state index contributed by atoms with van der Waals surface area (Å²) < 4.78 is 16.8. The highest BCUT2D eigenvalue weighted by atomic mass is 19.1. The van der Waals surface area contributed by atoms with Crippen molar-refractivity contribution < 1.29 is 9.18 Å². The van der Waals surface area contributed by atoms with E-state index in [1.165, 1.54) is 6.07 Å². The molecule has 1 aromatic carbocycles. The van der Waals surface area contributed by atoms with Crippen LogP contribution in [-0.2, 0) is 4.79 Å². The van der Waals surface area contributed by atoms with Crippen molar-refractivity contribution in [2.45, 2.75) is 72.0 Å². The predicted molar refractivity (Wildman–Crippen MR) is 136 cm³/mol. The Hall–Kier alpha value is -3.33. The van der Waals surface area contributed by atoms with Gasteiger partial charge in [-0.05, 0) is 84.7 Å². The lowest BCUT2D eigenvalue weighted by Gasteiger charge is -2.36. The summed E-state index contributed by atoms with van der Waals surface area (Å²) in [6.45, 7) is 13.2. The van der Waals surface area contributed by atoms with Gasteiger partial charge < -0.3 is 10.6 Å². The summed E-state index contributed by atoms with van der Waals surface area (Å²) in [5.41, 5.74) is 3.10. The molecule has 186 valence electrons. The molecule has 1 atom stereocenters. The molecule has 2 N–H and O–H groups in total. The van der Waals surface area contributed by atoms with Crippen LogP contribution in [0.2, 0.25) is 0 Å². The van der Waals surface area contributed by atoms with E-state index in [1.54, 1.807) is 24.5 Å². The first kappa shape index (κ1) is 24.8. The summed E-state index contributed by atoms with van der Waals surface area (Å²) in [7, 11) is 0. The van der Waals surface area contributed by atoms with Crippen molar-refractivity contribution >= 4 is 23.2 Å². The standard InChI is InChI=1S/C26H34FN7O/c1-16(2)34-15-18(14-29-34)23-17(3)13-28-25(32-23)30-19-9-10-21(20(27)12-19)31-24(35)22-8-7-11-33(22)26(4,5)6/h9-10,12-16,22H,7-8,11H2,1-6H3,(H,31,35)(H,28,30,32)/t22-/m1/s1. The molecule has 1 aliphatic heterocycles.